The van der Waals surface area contributed by atoms with Crippen molar-refractivity contribution in [2.45, 2.75) is 20.3 Å². The lowest BCUT2D eigenvalue weighted by Gasteiger charge is -2.00. The van der Waals surface area contributed by atoms with E-state index in [-0.39, 0.29) is 5.95 Å². The first-order valence-corrected chi connectivity index (χ1v) is 4.66. The number of hydrogen-bond acceptors (Lipinski definition) is 1. The fourth-order valence-corrected chi connectivity index (χ4v) is 1.49. The van der Waals surface area contributed by atoms with Gasteiger partial charge in [-0.15, -0.1) is 0 Å². The molecule has 0 N–H and O–H groups in total. The van der Waals surface area contributed by atoms with E-state index in [0.29, 0.717) is 6.42 Å². The molecule has 0 amide bonds. The maximum absolute atomic E-state index is 13.0. The highest BCUT2D eigenvalue weighted by Gasteiger charge is 2.15. The van der Waals surface area contributed by atoms with Gasteiger partial charge in [-0.2, -0.15) is 4.39 Å². The van der Waals surface area contributed by atoms with Gasteiger partial charge in [-0.05, 0) is 25.0 Å². The van der Waals surface area contributed by atoms with Crippen molar-refractivity contribution in [3.63, 3.8) is 0 Å². The van der Waals surface area contributed by atoms with Crippen molar-refractivity contribution in [2.75, 3.05) is 0 Å². The molecule has 0 radical (unpaired) electrons. The van der Waals surface area contributed by atoms with Crippen LogP contribution in [0.2, 0.25) is 0 Å². The van der Waals surface area contributed by atoms with Crippen LogP contribution < -0.4 is 0 Å². The molecule has 14 heavy (non-hydrogen) atoms. The second-order valence-electron chi connectivity index (χ2n) is 3.67. The van der Waals surface area contributed by atoms with Gasteiger partial charge in [0.05, 0.1) is 5.71 Å². The zero-order valence-corrected chi connectivity index (χ0v) is 8.34. The first-order chi connectivity index (χ1) is 6.66. The smallest absolute Gasteiger partial charge is 0.212 e. The summed E-state index contributed by atoms with van der Waals surface area (Å²) >= 11 is 0. The Morgan fingerprint density at radius 1 is 1.14 bits per heavy atom. The number of aryl methyl sites for hydroxylation is 1. The summed E-state index contributed by atoms with van der Waals surface area (Å²) in [5.74, 6) is -0.319. The number of benzene rings is 1. The zero-order valence-electron chi connectivity index (χ0n) is 8.34. The largest absolute Gasteiger partial charge is 0.224 e. The van der Waals surface area contributed by atoms with E-state index in [1.807, 2.05) is 31.2 Å². The van der Waals surface area contributed by atoms with Crippen molar-refractivity contribution >= 4 is 5.71 Å². The molecule has 0 saturated carbocycles. The van der Waals surface area contributed by atoms with E-state index in [1.54, 1.807) is 6.92 Å². The SMILES string of the molecule is CC1=C(F)N=C(c2ccc(C)cc2)C1. The van der Waals surface area contributed by atoms with Gasteiger partial charge in [0.25, 0.3) is 0 Å². The number of halogens is 1. The quantitative estimate of drug-likeness (QED) is 0.600. The Bertz CT molecular complexity index is 412. The first kappa shape index (κ1) is 9.13. The van der Waals surface area contributed by atoms with Crippen LogP contribution in [0.1, 0.15) is 24.5 Å². The number of rotatable bonds is 1. The van der Waals surface area contributed by atoms with Crippen molar-refractivity contribution in [2.24, 2.45) is 4.99 Å². The van der Waals surface area contributed by atoms with Crippen LogP contribution in [0.4, 0.5) is 4.39 Å². The van der Waals surface area contributed by atoms with Crippen LogP contribution in [-0.2, 0) is 0 Å². The summed E-state index contributed by atoms with van der Waals surface area (Å²) in [5.41, 5.74) is 3.78. The van der Waals surface area contributed by atoms with Gasteiger partial charge in [-0.25, -0.2) is 4.99 Å². The highest BCUT2D eigenvalue weighted by molar-refractivity contribution is 6.03. The molecule has 0 spiro atoms. The molecule has 0 aromatic heterocycles. The fraction of sp³-hybridized carbons (Fsp3) is 0.250. The van der Waals surface area contributed by atoms with Crippen molar-refractivity contribution < 1.29 is 4.39 Å². The van der Waals surface area contributed by atoms with E-state index < -0.39 is 0 Å². The lowest BCUT2D eigenvalue weighted by atomic mass is 10.0. The molecular formula is C12H12FN. The average molecular weight is 189 g/mol. The Morgan fingerprint density at radius 3 is 2.29 bits per heavy atom. The van der Waals surface area contributed by atoms with E-state index in [9.17, 15) is 4.39 Å². The molecule has 1 aliphatic rings. The molecule has 1 nitrogen and oxygen atoms in total. The fourth-order valence-electron chi connectivity index (χ4n) is 1.49. The van der Waals surface area contributed by atoms with Crippen LogP contribution >= 0.6 is 0 Å². The molecule has 2 heteroatoms. The molecule has 0 saturated heterocycles. The molecule has 0 aliphatic carbocycles. The van der Waals surface area contributed by atoms with E-state index in [1.165, 1.54) is 5.56 Å². The van der Waals surface area contributed by atoms with Crippen LogP contribution in [0.5, 0.6) is 0 Å². The number of allylic oxidation sites excluding steroid dienone is 1. The van der Waals surface area contributed by atoms with Crippen molar-refractivity contribution in [1.82, 2.24) is 0 Å². The number of nitrogens with zero attached hydrogens (tertiary/aromatic N) is 1. The maximum Gasteiger partial charge on any atom is 0.212 e. The predicted octanol–water partition coefficient (Wildman–Crippen LogP) is 3.39. The molecule has 0 atom stereocenters. The Labute approximate surface area is 83.0 Å². The molecule has 1 aromatic carbocycles. The summed E-state index contributed by atoms with van der Waals surface area (Å²) in [6.45, 7) is 3.81. The molecule has 1 aromatic rings. The Hall–Kier alpha value is -1.44. The minimum Gasteiger partial charge on any atom is -0.224 e. The summed E-state index contributed by atoms with van der Waals surface area (Å²) in [5, 5.41) is 0. The van der Waals surface area contributed by atoms with Gasteiger partial charge in [-0.3, -0.25) is 0 Å². The topological polar surface area (TPSA) is 12.4 Å². The van der Waals surface area contributed by atoms with Gasteiger partial charge >= 0.3 is 0 Å². The highest BCUT2D eigenvalue weighted by Crippen LogP contribution is 2.23. The van der Waals surface area contributed by atoms with E-state index in [0.717, 1.165) is 16.8 Å². The summed E-state index contributed by atoms with van der Waals surface area (Å²) < 4.78 is 13.0. The van der Waals surface area contributed by atoms with Crippen molar-refractivity contribution in [1.29, 1.82) is 0 Å². The van der Waals surface area contributed by atoms with Gasteiger partial charge in [0.15, 0.2) is 0 Å². The summed E-state index contributed by atoms with van der Waals surface area (Å²) in [4.78, 5) is 3.90. The van der Waals surface area contributed by atoms with Crippen LogP contribution in [0.25, 0.3) is 0 Å². The monoisotopic (exact) mass is 189 g/mol. The van der Waals surface area contributed by atoms with Crippen LogP contribution in [0.3, 0.4) is 0 Å². The van der Waals surface area contributed by atoms with Crippen LogP contribution in [-0.4, -0.2) is 5.71 Å². The third-order valence-corrected chi connectivity index (χ3v) is 2.40. The molecule has 0 fully saturated rings. The normalized spacial score (nSPS) is 16.1. The minimum atomic E-state index is -0.319. The van der Waals surface area contributed by atoms with Gasteiger partial charge in [-0.1, -0.05) is 29.8 Å². The van der Waals surface area contributed by atoms with Gasteiger partial charge in [0, 0.05) is 6.42 Å². The summed E-state index contributed by atoms with van der Waals surface area (Å²) in [7, 11) is 0. The molecule has 1 heterocycles. The molecular weight excluding hydrogens is 177 g/mol. The zero-order chi connectivity index (χ0) is 10.1. The second-order valence-corrected chi connectivity index (χ2v) is 3.67. The first-order valence-electron chi connectivity index (χ1n) is 4.66. The molecule has 0 bridgehead atoms. The molecule has 1 aliphatic heterocycles. The average Bonchev–Trinajstić information content (AvgIpc) is 2.48. The molecule has 72 valence electrons. The van der Waals surface area contributed by atoms with Crippen molar-refractivity contribution in [3.05, 3.63) is 46.9 Å². The summed E-state index contributed by atoms with van der Waals surface area (Å²) in [6.07, 6.45) is 0.634. The van der Waals surface area contributed by atoms with Crippen LogP contribution in [0, 0.1) is 6.92 Å². The Morgan fingerprint density at radius 2 is 1.79 bits per heavy atom. The Balaban J connectivity index is 2.28. The Kier molecular flexibility index (Phi) is 2.20. The van der Waals surface area contributed by atoms with E-state index >= 15 is 0 Å². The molecule has 2 rings (SSSR count). The predicted molar refractivity (Wildman–Crippen MR) is 56.1 cm³/mol. The van der Waals surface area contributed by atoms with Gasteiger partial charge < -0.3 is 0 Å². The highest BCUT2D eigenvalue weighted by atomic mass is 19.1. The third-order valence-electron chi connectivity index (χ3n) is 2.40. The number of aliphatic imine (C=N–C) groups is 1. The van der Waals surface area contributed by atoms with Crippen LogP contribution in [0.15, 0.2) is 40.8 Å². The lowest BCUT2D eigenvalue weighted by molar-refractivity contribution is 0.622. The standard InChI is InChI=1S/C12H12FN/c1-8-3-5-10(6-4-8)11-7-9(2)12(13)14-11/h3-6H,7H2,1-2H3. The van der Waals surface area contributed by atoms with Crippen molar-refractivity contribution in [3.8, 4) is 0 Å². The maximum atomic E-state index is 13.0. The third kappa shape index (κ3) is 1.60. The van der Waals surface area contributed by atoms with E-state index in [4.69, 9.17) is 0 Å². The second kappa shape index (κ2) is 3.37. The molecule has 0 unspecified atom stereocenters. The van der Waals surface area contributed by atoms with Gasteiger partial charge in [0.2, 0.25) is 5.95 Å². The lowest BCUT2D eigenvalue weighted by Crippen LogP contribution is -1.96. The summed E-state index contributed by atoms with van der Waals surface area (Å²) in [6, 6.07) is 8.01. The van der Waals surface area contributed by atoms with Gasteiger partial charge in [0.1, 0.15) is 0 Å². The van der Waals surface area contributed by atoms with E-state index in [2.05, 4.69) is 4.99 Å². The minimum absolute atomic E-state index is 0.319. The number of hydrogen-bond donors (Lipinski definition) is 0.